The highest BCUT2D eigenvalue weighted by Gasteiger charge is 2.30. The highest BCUT2D eigenvalue weighted by atomic mass is 16.5. The Morgan fingerprint density at radius 3 is 2.48 bits per heavy atom. The van der Waals surface area contributed by atoms with Crippen molar-refractivity contribution in [3.05, 3.63) is 35.4 Å². The molecule has 0 radical (unpaired) electrons. The monoisotopic (exact) mass is 346 g/mol. The second-order valence-electron chi connectivity index (χ2n) is 6.68. The van der Waals surface area contributed by atoms with Gasteiger partial charge in [0.1, 0.15) is 6.04 Å². The smallest absolute Gasteiger partial charge is 0.323 e. The second kappa shape index (κ2) is 7.97. The van der Waals surface area contributed by atoms with Crippen molar-refractivity contribution in [3.63, 3.8) is 0 Å². The number of esters is 1. The molecule has 0 aromatic heterocycles. The molecule has 1 fully saturated rings. The molecule has 2 aliphatic rings. The van der Waals surface area contributed by atoms with E-state index in [1.165, 1.54) is 11.1 Å². The van der Waals surface area contributed by atoms with Crippen LogP contribution in [0.2, 0.25) is 0 Å². The van der Waals surface area contributed by atoms with Gasteiger partial charge in [0, 0.05) is 26.2 Å². The Balaban J connectivity index is 1.54. The van der Waals surface area contributed by atoms with Gasteiger partial charge in [-0.3, -0.25) is 14.5 Å². The number of fused-ring (bicyclic) bond motifs is 1. The van der Waals surface area contributed by atoms with Crippen molar-refractivity contribution in [1.29, 1.82) is 0 Å². The lowest BCUT2D eigenvalue weighted by Gasteiger charge is -2.33. The van der Waals surface area contributed by atoms with E-state index in [-0.39, 0.29) is 17.9 Å². The molecular formula is C19H26N2O4. The normalized spacial score (nSPS) is 20.5. The summed E-state index contributed by atoms with van der Waals surface area (Å²) >= 11 is 0. The van der Waals surface area contributed by atoms with Crippen LogP contribution < -0.4 is 0 Å². The first kappa shape index (κ1) is 17.9. The number of ether oxygens (including phenoxy) is 2. The maximum absolute atomic E-state index is 12.5. The average molecular weight is 346 g/mol. The molecule has 2 aliphatic heterocycles. The lowest BCUT2D eigenvalue weighted by atomic mass is 9.99. The number of carbonyl (C=O) groups is 2. The number of carbonyl (C=O) groups excluding carboxylic acids is 2. The quantitative estimate of drug-likeness (QED) is 0.768. The molecular weight excluding hydrogens is 320 g/mol. The number of amides is 1. The molecule has 0 unspecified atom stereocenters. The summed E-state index contributed by atoms with van der Waals surface area (Å²) in [7, 11) is 0. The first-order chi connectivity index (χ1) is 12.1. The molecule has 1 saturated heterocycles. The SMILES string of the molecule is C[C@H](C(=O)O[C@H](C)C(=O)N1CCOCC1)N1CCc2ccccc2C1. The molecule has 0 bridgehead atoms. The maximum atomic E-state index is 12.5. The van der Waals surface area contributed by atoms with Crippen molar-refractivity contribution in [1.82, 2.24) is 9.80 Å². The first-order valence-electron chi connectivity index (χ1n) is 8.94. The van der Waals surface area contributed by atoms with Gasteiger partial charge in [-0.15, -0.1) is 0 Å². The molecule has 0 spiro atoms. The lowest BCUT2D eigenvalue weighted by Crippen LogP contribution is -2.48. The van der Waals surface area contributed by atoms with Crippen LogP contribution in [0.3, 0.4) is 0 Å². The fraction of sp³-hybridized carbons (Fsp3) is 0.579. The van der Waals surface area contributed by atoms with Crippen LogP contribution in [0.5, 0.6) is 0 Å². The van der Waals surface area contributed by atoms with Gasteiger partial charge in [-0.05, 0) is 31.4 Å². The van der Waals surface area contributed by atoms with Crippen LogP contribution in [0.4, 0.5) is 0 Å². The Kier molecular flexibility index (Phi) is 5.71. The Hall–Kier alpha value is -1.92. The molecule has 6 heteroatoms. The van der Waals surface area contributed by atoms with E-state index >= 15 is 0 Å². The van der Waals surface area contributed by atoms with Crippen LogP contribution in [0.25, 0.3) is 0 Å². The second-order valence-corrected chi connectivity index (χ2v) is 6.68. The van der Waals surface area contributed by atoms with Gasteiger partial charge in [0.05, 0.1) is 13.2 Å². The molecule has 1 amide bonds. The fourth-order valence-corrected chi connectivity index (χ4v) is 3.36. The van der Waals surface area contributed by atoms with Gasteiger partial charge in [0.2, 0.25) is 0 Å². The zero-order valence-electron chi connectivity index (χ0n) is 14.9. The zero-order chi connectivity index (χ0) is 17.8. The van der Waals surface area contributed by atoms with Gasteiger partial charge in [0.25, 0.3) is 5.91 Å². The molecule has 136 valence electrons. The molecule has 0 saturated carbocycles. The standard InChI is InChI=1S/C19H26N2O4/c1-14(21-8-7-16-5-3-4-6-17(16)13-21)19(23)25-15(2)18(22)20-9-11-24-12-10-20/h3-6,14-15H,7-13H2,1-2H3/t14-,15-/m1/s1. The Bertz CT molecular complexity index is 628. The predicted octanol–water partition coefficient (Wildman–Crippen LogP) is 1.22. The highest BCUT2D eigenvalue weighted by Crippen LogP contribution is 2.21. The molecule has 2 heterocycles. The van der Waals surface area contributed by atoms with Gasteiger partial charge >= 0.3 is 5.97 Å². The minimum absolute atomic E-state index is 0.146. The predicted molar refractivity (Wildman–Crippen MR) is 93.0 cm³/mol. The van der Waals surface area contributed by atoms with Crippen LogP contribution >= 0.6 is 0 Å². The van der Waals surface area contributed by atoms with Gasteiger partial charge in [-0.1, -0.05) is 24.3 Å². The molecule has 3 rings (SSSR count). The average Bonchev–Trinajstić information content (AvgIpc) is 2.67. The summed E-state index contributed by atoms with van der Waals surface area (Å²) in [6, 6.07) is 7.94. The Labute approximate surface area is 148 Å². The Morgan fingerprint density at radius 1 is 1.08 bits per heavy atom. The van der Waals surface area contributed by atoms with Gasteiger partial charge in [0.15, 0.2) is 6.10 Å². The number of hydrogen-bond acceptors (Lipinski definition) is 5. The molecule has 0 N–H and O–H groups in total. The summed E-state index contributed by atoms with van der Waals surface area (Å²) < 4.78 is 10.7. The van der Waals surface area contributed by atoms with Crippen LogP contribution in [-0.4, -0.2) is 66.7 Å². The third-order valence-corrected chi connectivity index (χ3v) is 5.01. The van der Waals surface area contributed by atoms with E-state index in [0.717, 1.165) is 19.5 Å². The summed E-state index contributed by atoms with van der Waals surface area (Å²) in [5.74, 6) is -0.485. The van der Waals surface area contributed by atoms with E-state index in [1.807, 2.05) is 19.1 Å². The summed E-state index contributed by atoms with van der Waals surface area (Å²) in [6.07, 6.45) is 0.168. The summed E-state index contributed by atoms with van der Waals surface area (Å²) in [6.45, 7) is 7.23. The van der Waals surface area contributed by atoms with Crippen LogP contribution in [0, 0.1) is 0 Å². The third kappa shape index (κ3) is 4.19. The third-order valence-electron chi connectivity index (χ3n) is 5.01. The van der Waals surface area contributed by atoms with Crippen LogP contribution in [0.15, 0.2) is 24.3 Å². The molecule has 2 atom stereocenters. The van der Waals surface area contributed by atoms with Crippen LogP contribution in [0.1, 0.15) is 25.0 Å². The molecule has 1 aromatic carbocycles. The van der Waals surface area contributed by atoms with E-state index in [0.29, 0.717) is 26.3 Å². The van der Waals surface area contributed by atoms with Gasteiger partial charge in [-0.2, -0.15) is 0 Å². The van der Waals surface area contributed by atoms with E-state index in [9.17, 15) is 9.59 Å². The van der Waals surface area contributed by atoms with E-state index in [2.05, 4.69) is 17.0 Å². The molecule has 25 heavy (non-hydrogen) atoms. The summed E-state index contributed by atoms with van der Waals surface area (Å²) in [4.78, 5) is 28.7. The minimum Gasteiger partial charge on any atom is -0.451 e. The molecule has 0 aliphatic carbocycles. The number of rotatable bonds is 4. The van der Waals surface area contributed by atoms with Gasteiger partial charge < -0.3 is 14.4 Å². The number of nitrogens with zero attached hydrogens (tertiary/aromatic N) is 2. The van der Waals surface area contributed by atoms with Crippen LogP contribution in [-0.2, 0) is 32.0 Å². The van der Waals surface area contributed by atoms with Crippen molar-refractivity contribution < 1.29 is 19.1 Å². The molecule has 6 nitrogen and oxygen atoms in total. The topological polar surface area (TPSA) is 59.1 Å². The fourth-order valence-electron chi connectivity index (χ4n) is 3.36. The minimum atomic E-state index is -0.759. The lowest BCUT2D eigenvalue weighted by molar-refractivity contribution is -0.164. The van der Waals surface area contributed by atoms with Crippen molar-refractivity contribution in [2.24, 2.45) is 0 Å². The van der Waals surface area contributed by atoms with Gasteiger partial charge in [-0.25, -0.2) is 0 Å². The van der Waals surface area contributed by atoms with Crippen molar-refractivity contribution in [2.45, 2.75) is 39.0 Å². The van der Waals surface area contributed by atoms with Crippen molar-refractivity contribution in [2.75, 3.05) is 32.8 Å². The molecule has 1 aromatic rings. The summed E-state index contributed by atoms with van der Waals surface area (Å²) in [5.41, 5.74) is 2.60. The van der Waals surface area contributed by atoms with E-state index in [4.69, 9.17) is 9.47 Å². The maximum Gasteiger partial charge on any atom is 0.323 e. The number of morpholine rings is 1. The van der Waals surface area contributed by atoms with E-state index in [1.54, 1.807) is 11.8 Å². The van der Waals surface area contributed by atoms with Crippen molar-refractivity contribution in [3.8, 4) is 0 Å². The van der Waals surface area contributed by atoms with Crippen molar-refractivity contribution >= 4 is 11.9 Å². The highest BCUT2D eigenvalue weighted by molar-refractivity contribution is 5.84. The largest absolute Gasteiger partial charge is 0.451 e. The summed E-state index contributed by atoms with van der Waals surface area (Å²) in [5, 5.41) is 0. The number of hydrogen-bond donors (Lipinski definition) is 0. The Morgan fingerprint density at radius 2 is 1.76 bits per heavy atom. The van der Waals surface area contributed by atoms with E-state index < -0.39 is 6.10 Å². The first-order valence-corrected chi connectivity index (χ1v) is 8.94. The zero-order valence-corrected chi connectivity index (χ0v) is 14.9. The number of benzene rings is 1.